The predicted molar refractivity (Wildman–Crippen MR) is 97.3 cm³/mol. The van der Waals surface area contributed by atoms with E-state index in [-0.39, 0.29) is 23.1 Å². The number of furan rings is 1. The SMILES string of the molecule is CCCC[C@H]1C(=O)N(C)CCN1Cc1cc(C(N)=O)oc1C(C)(C)C. The minimum atomic E-state index is -0.561. The van der Waals surface area contributed by atoms with Crippen LogP contribution in [-0.4, -0.2) is 47.8 Å². The molecule has 0 aromatic carbocycles. The number of hydrogen-bond donors (Lipinski definition) is 1. The van der Waals surface area contributed by atoms with Gasteiger partial charge < -0.3 is 15.1 Å². The molecule has 0 spiro atoms. The van der Waals surface area contributed by atoms with Crippen molar-refractivity contribution in [3.05, 3.63) is 23.2 Å². The first kappa shape index (κ1) is 19.5. The topological polar surface area (TPSA) is 79.8 Å². The van der Waals surface area contributed by atoms with Gasteiger partial charge in [0.1, 0.15) is 5.76 Å². The maximum absolute atomic E-state index is 12.6. The first-order valence-electron chi connectivity index (χ1n) is 9.07. The third-order valence-corrected chi connectivity index (χ3v) is 4.76. The molecule has 140 valence electrons. The summed E-state index contributed by atoms with van der Waals surface area (Å²) in [6, 6.07) is 1.63. The molecule has 0 saturated carbocycles. The van der Waals surface area contributed by atoms with Gasteiger partial charge in [-0.25, -0.2) is 0 Å². The summed E-state index contributed by atoms with van der Waals surface area (Å²) in [4.78, 5) is 28.2. The van der Waals surface area contributed by atoms with Crippen molar-refractivity contribution in [3.8, 4) is 0 Å². The monoisotopic (exact) mass is 349 g/mol. The van der Waals surface area contributed by atoms with Crippen LogP contribution >= 0.6 is 0 Å². The summed E-state index contributed by atoms with van der Waals surface area (Å²) in [7, 11) is 1.86. The van der Waals surface area contributed by atoms with Gasteiger partial charge in [0.05, 0.1) is 6.04 Å². The summed E-state index contributed by atoms with van der Waals surface area (Å²) in [5.41, 5.74) is 6.11. The molecule has 1 aliphatic rings. The summed E-state index contributed by atoms with van der Waals surface area (Å²) in [5.74, 6) is 0.566. The Bertz CT molecular complexity index is 630. The molecule has 1 aromatic heterocycles. The standard InChI is InChI=1S/C19H31N3O3/c1-6-7-8-14-18(24)21(5)9-10-22(14)12-13-11-15(17(20)23)25-16(13)19(2,3)4/h11,14H,6-10,12H2,1-5H3,(H2,20,23)/t14-/m0/s1. The summed E-state index contributed by atoms with van der Waals surface area (Å²) < 4.78 is 5.75. The van der Waals surface area contributed by atoms with Gasteiger partial charge in [-0.3, -0.25) is 14.5 Å². The molecule has 1 fully saturated rings. The van der Waals surface area contributed by atoms with E-state index in [1.807, 2.05) is 32.7 Å². The number of carbonyl (C=O) groups is 2. The van der Waals surface area contributed by atoms with Crippen LogP contribution in [-0.2, 0) is 16.8 Å². The summed E-state index contributed by atoms with van der Waals surface area (Å²) >= 11 is 0. The summed E-state index contributed by atoms with van der Waals surface area (Å²) in [6.07, 6.45) is 2.93. The molecule has 1 saturated heterocycles. The van der Waals surface area contributed by atoms with Gasteiger partial charge in [0.2, 0.25) is 5.91 Å². The van der Waals surface area contributed by atoms with Crippen LogP contribution in [0.2, 0.25) is 0 Å². The highest BCUT2D eigenvalue weighted by Crippen LogP contribution is 2.31. The first-order valence-corrected chi connectivity index (χ1v) is 9.07. The van der Waals surface area contributed by atoms with E-state index in [4.69, 9.17) is 10.2 Å². The smallest absolute Gasteiger partial charge is 0.284 e. The Morgan fingerprint density at radius 2 is 2.04 bits per heavy atom. The van der Waals surface area contributed by atoms with Crippen molar-refractivity contribution >= 4 is 11.8 Å². The fourth-order valence-electron chi connectivity index (χ4n) is 3.37. The molecule has 6 heteroatoms. The lowest BCUT2D eigenvalue weighted by atomic mass is 9.90. The largest absolute Gasteiger partial charge is 0.455 e. The van der Waals surface area contributed by atoms with E-state index in [1.54, 1.807) is 6.07 Å². The number of amides is 2. The fraction of sp³-hybridized carbons (Fsp3) is 0.684. The third-order valence-electron chi connectivity index (χ3n) is 4.76. The zero-order valence-electron chi connectivity index (χ0n) is 16.1. The number of likely N-dealkylation sites (N-methyl/N-ethyl adjacent to an activating group) is 1. The van der Waals surface area contributed by atoms with Crippen molar-refractivity contribution in [3.63, 3.8) is 0 Å². The van der Waals surface area contributed by atoms with E-state index < -0.39 is 5.91 Å². The van der Waals surface area contributed by atoms with Gasteiger partial charge in [-0.05, 0) is 12.5 Å². The van der Waals surface area contributed by atoms with Crippen molar-refractivity contribution in [1.29, 1.82) is 0 Å². The number of piperazine rings is 1. The summed E-state index contributed by atoms with van der Waals surface area (Å²) in [6.45, 7) is 10.4. The Labute approximate surface area is 150 Å². The minimum Gasteiger partial charge on any atom is -0.455 e. The molecular weight excluding hydrogens is 318 g/mol. The highest BCUT2D eigenvalue weighted by atomic mass is 16.4. The molecule has 1 atom stereocenters. The molecule has 0 bridgehead atoms. The van der Waals surface area contributed by atoms with E-state index in [1.165, 1.54) is 0 Å². The number of hydrogen-bond acceptors (Lipinski definition) is 4. The lowest BCUT2D eigenvalue weighted by molar-refractivity contribution is -0.140. The molecule has 2 N–H and O–H groups in total. The molecule has 2 heterocycles. The average Bonchev–Trinajstić information content (AvgIpc) is 2.95. The summed E-state index contributed by atoms with van der Waals surface area (Å²) in [5, 5.41) is 0. The van der Waals surface area contributed by atoms with Crippen LogP contribution in [0.1, 0.15) is 68.8 Å². The van der Waals surface area contributed by atoms with Crippen molar-refractivity contribution in [1.82, 2.24) is 9.80 Å². The molecule has 1 aliphatic heterocycles. The minimum absolute atomic E-state index is 0.113. The zero-order valence-corrected chi connectivity index (χ0v) is 16.1. The van der Waals surface area contributed by atoms with Crippen molar-refractivity contribution in [2.75, 3.05) is 20.1 Å². The molecule has 1 aromatic rings. The molecule has 6 nitrogen and oxygen atoms in total. The molecule has 0 aliphatic carbocycles. The van der Waals surface area contributed by atoms with Crippen molar-refractivity contribution in [2.45, 2.75) is 65.0 Å². The normalized spacial score (nSPS) is 19.5. The van der Waals surface area contributed by atoms with Gasteiger partial charge >= 0.3 is 0 Å². The maximum atomic E-state index is 12.6. The van der Waals surface area contributed by atoms with Gasteiger partial charge in [0, 0.05) is 37.7 Å². The van der Waals surface area contributed by atoms with Gasteiger partial charge in [-0.15, -0.1) is 0 Å². The van der Waals surface area contributed by atoms with Gasteiger partial charge in [0.15, 0.2) is 5.76 Å². The van der Waals surface area contributed by atoms with E-state index >= 15 is 0 Å². The van der Waals surface area contributed by atoms with Crippen LogP contribution in [0.25, 0.3) is 0 Å². The number of nitrogens with zero attached hydrogens (tertiary/aromatic N) is 2. The molecule has 25 heavy (non-hydrogen) atoms. The van der Waals surface area contributed by atoms with Crippen LogP contribution in [0.15, 0.2) is 10.5 Å². The second kappa shape index (κ2) is 7.60. The molecular formula is C19H31N3O3. The number of carbonyl (C=O) groups excluding carboxylic acids is 2. The van der Waals surface area contributed by atoms with Gasteiger partial charge in [-0.2, -0.15) is 0 Å². The molecule has 2 rings (SSSR count). The van der Waals surface area contributed by atoms with Crippen LogP contribution < -0.4 is 5.73 Å². The van der Waals surface area contributed by atoms with E-state index in [2.05, 4.69) is 11.8 Å². The number of primary amides is 1. The van der Waals surface area contributed by atoms with E-state index in [0.717, 1.165) is 37.1 Å². The Morgan fingerprint density at radius 1 is 1.36 bits per heavy atom. The third kappa shape index (κ3) is 4.42. The zero-order chi connectivity index (χ0) is 18.8. The number of rotatable bonds is 6. The molecule has 2 amide bonds. The highest BCUT2D eigenvalue weighted by Gasteiger charge is 2.34. The first-order chi connectivity index (χ1) is 11.6. The van der Waals surface area contributed by atoms with Gasteiger partial charge in [-0.1, -0.05) is 40.5 Å². The Balaban J connectivity index is 2.29. The Kier molecular flexibility index (Phi) is 5.93. The second-order valence-corrected chi connectivity index (χ2v) is 7.97. The number of unbranched alkanes of at least 4 members (excludes halogenated alkanes) is 1. The van der Waals surface area contributed by atoms with Crippen molar-refractivity contribution in [2.24, 2.45) is 5.73 Å². The van der Waals surface area contributed by atoms with E-state index in [0.29, 0.717) is 13.1 Å². The van der Waals surface area contributed by atoms with Crippen LogP contribution in [0.3, 0.4) is 0 Å². The average molecular weight is 349 g/mol. The van der Waals surface area contributed by atoms with Crippen LogP contribution in [0, 0.1) is 0 Å². The second-order valence-electron chi connectivity index (χ2n) is 7.97. The number of nitrogens with two attached hydrogens (primary N) is 1. The van der Waals surface area contributed by atoms with Crippen LogP contribution in [0.4, 0.5) is 0 Å². The Hall–Kier alpha value is -1.82. The molecule has 0 unspecified atom stereocenters. The van der Waals surface area contributed by atoms with Gasteiger partial charge in [0.25, 0.3) is 5.91 Å². The van der Waals surface area contributed by atoms with Crippen LogP contribution in [0.5, 0.6) is 0 Å². The predicted octanol–water partition coefficient (Wildman–Crippen LogP) is 2.51. The highest BCUT2D eigenvalue weighted by molar-refractivity contribution is 5.90. The maximum Gasteiger partial charge on any atom is 0.284 e. The van der Waals surface area contributed by atoms with Crippen molar-refractivity contribution < 1.29 is 14.0 Å². The fourth-order valence-corrected chi connectivity index (χ4v) is 3.37. The lowest BCUT2D eigenvalue weighted by Gasteiger charge is -2.39. The quantitative estimate of drug-likeness (QED) is 0.856. The lowest BCUT2D eigenvalue weighted by Crippen LogP contribution is -2.55. The molecule has 0 radical (unpaired) electrons. The van der Waals surface area contributed by atoms with E-state index in [9.17, 15) is 9.59 Å². The Morgan fingerprint density at radius 3 is 2.60 bits per heavy atom.